The van der Waals surface area contributed by atoms with Crippen molar-refractivity contribution in [3.8, 4) is 0 Å². The highest BCUT2D eigenvalue weighted by Crippen LogP contribution is 2.37. The molecule has 2 heterocycles. The number of anilines is 1. The zero-order chi connectivity index (χ0) is 19.3. The number of carbonyl (C=O) groups is 1. The molecule has 2 aromatic rings. The molecule has 27 heavy (non-hydrogen) atoms. The zero-order valence-corrected chi connectivity index (χ0v) is 16.9. The van der Waals surface area contributed by atoms with E-state index in [4.69, 9.17) is 23.2 Å². The molecule has 142 valence electrons. The summed E-state index contributed by atoms with van der Waals surface area (Å²) in [5.74, 6) is -0.0854. The van der Waals surface area contributed by atoms with E-state index >= 15 is 0 Å². The lowest BCUT2D eigenvalue weighted by Gasteiger charge is -2.23. The van der Waals surface area contributed by atoms with Gasteiger partial charge in [-0.2, -0.15) is 0 Å². The van der Waals surface area contributed by atoms with Gasteiger partial charge in [-0.05, 0) is 36.2 Å². The SMILES string of the molecule is Cc1ccc(N2C(=O)N(Cc3ccccc3Cl)C3CS(=O)(=O)CC32)cc1Cl. The van der Waals surface area contributed by atoms with Crippen molar-refractivity contribution in [3.05, 3.63) is 63.6 Å². The van der Waals surface area contributed by atoms with Gasteiger partial charge in [0.2, 0.25) is 0 Å². The number of fused-ring (bicyclic) bond motifs is 1. The van der Waals surface area contributed by atoms with Crippen LogP contribution in [0.15, 0.2) is 42.5 Å². The monoisotopic (exact) mass is 424 g/mol. The summed E-state index contributed by atoms with van der Waals surface area (Å²) in [5.41, 5.74) is 2.30. The molecule has 2 fully saturated rings. The van der Waals surface area contributed by atoms with Gasteiger partial charge in [-0.3, -0.25) is 4.90 Å². The first-order chi connectivity index (χ1) is 12.8. The van der Waals surface area contributed by atoms with Gasteiger partial charge in [0.1, 0.15) is 0 Å². The van der Waals surface area contributed by atoms with Crippen molar-refractivity contribution in [1.82, 2.24) is 4.90 Å². The Morgan fingerprint density at radius 2 is 1.74 bits per heavy atom. The fourth-order valence-electron chi connectivity index (χ4n) is 3.81. The van der Waals surface area contributed by atoms with Gasteiger partial charge in [-0.25, -0.2) is 13.2 Å². The lowest BCUT2D eigenvalue weighted by molar-refractivity contribution is 0.206. The predicted octanol–water partition coefficient (Wildman–Crippen LogP) is 3.91. The number of benzene rings is 2. The second kappa shape index (κ2) is 6.69. The molecule has 2 aromatic carbocycles. The number of amides is 2. The maximum absolute atomic E-state index is 13.2. The van der Waals surface area contributed by atoms with Crippen molar-refractivity contribution in [2.75, 3.05) is 16.4 Å². The van der Waals surface area contributed by atoms with Gasteiger partial charge in [0, 0.05) is 22.3 Å². The number of halogens is 2. The smallest absolute Gasteiger partial charge is 0.314 e. The van der Waals surface area contributed by atoms with E-state index in [-0.39, 0.29) is 24.1 Å². The van der Waals surface area contributed by atoms with Crippen LogP contribution in [0, 0.1) is 6.92 Å². The first-order valence-corrected chi connectivity index (χ1v) is 11.1. The quantitative estimate of drug-likeness (QED) is 0.701. The Bertz CT molecular complexity index is 1030. The first-order valence-electron chi connectivity index (χ1n) is 8.56. The Hall–Kier alpha value is -1.76. The summed E-state index contributed by atoms with van der Waals surface area (Å²) >= 11 is 12.5. The summed E-state index contributed by atoms with van der Waals surface area (Å²) in [6, 6.07) is 11.6. The molecule has 0 aromatic heterocycles. The lowest BCUT2D eigenvalue weighted by atomic mass is 10.1. The lowest BCUT2D eigenvalue weighted by Crippen LogP contribution is -2.37. The predicted molar refractivity (Wildman–Crippen MR) is 107 cm³/mol. The topological polar surface area (TPSA) is 57.7 Å². The van der Waals surface area contributed by atoms with Gasteiger partial charge in [-0.15, -0.1) is 0 Å². The van der Waals surface area contributed by atoms with E-state index in [0.717, 1.165) is 11.1 Å². The highest BCUT2D eigenvalue weighted by Gasteiger charge is 2.53. The summed E-state index contributed by atoms with van der Waals surface area (Å²) in [7, 11) is -3.22. The minimum Gasteiger partial charge on any atom is -0.314 e. The molecule has 2 amide bonds. The van der Waals surface area contributed by atoms with Crippen LogP contribution in [-0.2, 0) is 16.4 Å². The molecule has 0 bridgehead atoms. The molecule has 0 spiro atoms. The highest BCUT2D eigenvalue weighted by molar-refractivity contribution is 7.91. The van der Waals surface area contributed by atoms with E-state index in [1.54, 1.807) is 28.0 Å². The number of nitrogens with zero attached hydrogens (tertiary/aromatic N) is 2. The second-order valence-electron chi connectivity index (χ2n) is 7.02. The minimum atomic E-state index is -3.22. The average Bonchev–Trinajstić information content (AvgIpc) is 3.03. The third-order valence-electron chi connectivity index (χ3n) is 5.21. The van der Waals surface area contributed by atoms with Crippen LogP contribution in [-0.4, -0.2) is 42.9 Å². The van der Waals surface area contributed by atoms with Crippen molar-refractivity contribution < 1.29 is 13.2 Å². The van der Waals surface area contributed by atoms with Gasteiger partial charge in [0.25, 0.3) is 0 Å². The normalized spacial score (nSPS) is 23.7. The molecule has 0 N–H and O–H groups in total. The highest BCUT2D eigenvalue weighted by atomic mass is 35.5. The minimum absolute atomic E-state index is 0.0377. The number of carbonyl (C=O) groups excluding carboxylic acids is 1. The second-order valence-corrected chi connectivity index (χ2v) is 9.99. The van der Waals surface area contributed by atoms with Crippen molar-refractivity contribution in [2.45, 2.75) is 25.6 Å². The van der Waals surface area contributed by atoms with E-state index in [0.29, 0.717) is 15.7 Å². The molecule has 2 aliphatic heterocycles. The van der Waals surface area contributed by atoms with Gasteiger partial charge in [0.05, 0.1) is 23.6 Å². The summed E-state index contributed by atoms with van der Waals surface area (Å²) in [4.78, 5) is 16.4. The Morgan fingerprint density at radius 1 is 1.04 bits per heavy atom. The molecule has 0 saturated carbocycles. The van der Waals surface area contributed by atoms with Crippen molar-refractivity contribution >= 4 is 44.8 Å². The summed E-state index contributed by atoms with van der Waals surface area (Å²) in [6.45, 7) is 2.15. The van der Waals surface area contributed by atoms with Crippen molar-refractivity contribution in [1.29, 1.82) is 0 Å². The molecule has 2 atom stereocenters. The Labute approximate surface area is 168 Å². The van der Waals surface area contributed by atoms with Crippen LogP contribution < -0.4 is 4.90 Å². The summed E-state index contributed by atoms with van der Waals surface area (Å²) in [6.07, 6.45) is 0. The largest absolute Gasteiger partial charge is 0.325 e. The first kappa shape index (κ1) is 18.6. The van der Waals surface area contributed by atoms with Crippen LogP contribution in [0.3, 0.4) is 0 Å². The standard InChI is InChI=1S/C19H18Cl2N2O3S/c1-12-6-7-14(8-16(12)21)23-18-11-27(25,26)10-17(18)22(19(23)24)9-13-4-2-3-5-15(13)20/h2-8,17-18H,9-11H2,1H3. The summed E-state index contributed by atoms with van der Waals surface area (Å²) < 4.78 is 24.6. The van der Waals surface area contributed by atoms with Gasteiger partial charge >= 0.3 is 6.03 Å². The molecular weight excluding hydrogens is 407 g/mol. The number of aryl methyl sites for hydroxylation is 1. The number of hydrogen-bond donors (Lipinski definition) is 0. The van der Waals surface area contributed by atoms with E-state index in [9.17, 15) is 13.2 Å². The number of sulfone groups is 1. The molecule has 2 unspecified atom stereocenters. The number of rotatable bonds is 3. The molecule has 2 saturated heterocycles. The van der Waals surface area contributed by atoms with Crippen LogP contribution in [0.25, 0.3) is 0 Å². The molecular formula is C19H18Cl2N2O3S. The number of urea groups is 1. The fourth-order valence-corrected chi connectivity index (χ4v) is 6.13. The number of hydrogen-bond acceptors (Lipinski definition) is 3. The van der Waals surface area contributed by atoms with E-state index in [1.165, 1.54) is 0 Å². The van der Waals surface area contributed by atoms with Crippen LogP contribution in [0.4, 0.5) is 10.5 Å². The van der Waals surface area contributed by atoms with Gasteiger partial charge in [0.15, 0.2) is 9.84 Å². The Morgan fingerprint density at radius 3 is 2.44 bits per heavy atom. The fraction of sp³-hybridized carbons (Fsp3) is 0.316. The molecule has 0 aliphatic carbocycles. The molecule has 2 aliphatic rings. The van der Waals surface area contributed by atoms with E-state index < -0.39 is 21.9 Å². The van der Waals surface area contributed by atoms with Gasteiger partial charge in [-0.1, -0.05) is 47.5 Å². The maximum atomic E-state index is 13.2. The van der Waals surface area contributed by atoms with Crippen LogP contribution in [0.5, 0.6) is 0 Å². The zero-order valence-electron chi connectivity index (χ0n) is 14.6. The average molecular weight is 425 g/mol. The van der Waals surface area contributed by atoms with Gasteiger partial charge < -0.3 is 4.90 Å². The third-order valence-corrected chi connectivity index (χ3v) is 7.68. The Balaban J connectivity index is 1.74. The summed E-state index contributed by atoms with van der Waals surface area (Å²) in [5, 5.41) is 1.10. The van der Waals surface area contributed by atoms with Crippen molar-refractivity contribution in [3.63, 3.8) is 0 Å². The van der Waals surface area contributed by atoms with E-state index in [1.807, 2.05) is 31.2 Å². The van der Waals surface area contributed by atoms with Crippen LogP contribution in [0.2, 0.25) is 10.0 Å². The van der Waals surface area contributed by atoms with Crippen LogP contribution >= 0.6 is 23.2 Å². The van der Waals surface area contributed by atoms with E-state index in [2.05, 4.69) is 0 Å². The van der Waals surface area contributed by atoms with Crippen molar-refractivity contribution in [2.24, 2.45) is 0 Å². The molecule has 8 heteroatoms. The third kappa shape index (κ3) is 3.30. The van der Waals surface area contributed by atoms with Crippen LogP contribution in [0.1, 0.15) is 11.1 Å². The maximum Gasteiger partial charge on any atom is 0.325 e. The molecule has 4 rings (SSSR count). The Kier molecular flexibility index (Phi) is 4.61. The molecule has 5 nitrogen and oxygen atoms in total. The molecule has 0 radical (unpaired) electrons.